The van der Waals surface area contributed by atoms with E-state index in [1.165, 1.54) is 24.2 Å². The van der Waals surface area contributed by atoms with E-state index in [0.29, 0.717) is 19.3 Å². The molecule has 0 aliphatic carbocycles. The first-order valence-corrected chi connectivity index (χ1v) is 8.61. The van der Waals surface area contributed by atoms with Crippen molar-refractivity contribution in [3.8, 4) is 11.5 Å². The molecule has 110 valence electrons. The van der Waals surface area contributed by atoms with Crippen LogP contribution in [-0.2, 0) is 6.42 Å². The fraction of sp³-hybridized carbons (Fsp3) is 0.625. The Balaban J connectivity index is 1.50. The first-order chi connectivity index (χ1) is 9.83. The van der Waals surface area contributed by atoms with Crippen LogP contribution < -0.4 is 14.8 Å². The lowest BCUT2D eigenvalue weighted by Gasteiger charge is -2.29. The van der Waals surface area contributed by atoms with Gasteiger partial charge in [0, 0.05) is 11.3 Å². The maximum atomic E-state index is 5.63. The predicted molar refractivity (Wildman–Crippen MR) is 84.1 cm³/mol. The zero-order chi connectivity index (χ0) is 13.8. The van der Waals surface area contributed by atoms with Crippen molar-refractivity contribution in [2.45, 2.75) is 37.5 Å². The largest absolute Gasteiger partial charge is 0.486 e. The molecule has 2 unspecified atom stereocenters. The molecule has 0 amide bonds. The van der Waals surface area contributed by atoms with Gasteiger partial charge in [-0.2, -0.15) is 11.8 Å². The van der Waals surface area contributed by atoms with Crippen LogP contribution in [0.5, 0.6) is 11.5 Å². The van der Waals surface area contributed by atoms with E-state index in [1.807, 2.05) is 6.07 Å². The topological polar surface area (TPSA) is 30.5 Å². The second-order valence-electron chi connectivity index (χ2n) is 5.51. The Labute approximate surface area is 125 Å². The van der Waals surface area contributed by atoms with Gasteiger partial charge in [0.1, 0.15) is 13.2 Å². The molecule has 20 heavy (non-hydrogen) atoms. The summed E-state index contributed by atoms with van der Waals surface area (Å²) in [5.74, 6) is 3.10. The molecule has 3 nitrogen and oxygen atoms in total. The maximum Gasteiger partial charge on any atom is 0.161 e. The third kappa shape index (κ3) is 3.41. The Morgan fingerprint density at radius 2 is 2.10 bits per heavy atom. The molecule has 2 aliphatic rings. The van der Waals surface area contributed by atoms with Gasteiger partial charge < -0.3 is 14.8 Å². The quantitative estimate of drug-likeness (QED) is 0.924. The van der Waals surface area contributed by atoms with E-state index >= 15 is 0 Å². The lowest BCUT2D eigenvalue weighted by molar-refractivity contribution is 0.171. The molecule has 1 aromatic rings. The standard InChI is InChI=1S/C16H23NO2S/c1-12-14(3-2-10-20-12)17-7-6-13-4-5-15-16(11-13)19-9-8-18-15/h4-5,11-12,14,17H,2-3,6-10H2,1H3. The van der Waals surface area contributed by atoms with Crippen LogP contribution in [0.2, 0.25) is 0 Å². The van der Waals surface area contributed by atoms with Crippen LogP contribution >= 0.6 is 11.8 Å². The number of ether oxygens (including phenoxy) is 2. The molecule has 1 N–H and O–H groups in total. The van der Waals surface area contributed by atoms with Crippen LogP contribution in [0.3, 0.4) is 0 Å². The summed E-state index contributed by atoms with van der Waals surface area (Å²) < 4.78 is 11.2. The van der Waals surface area contributed by atoms with E-state index in [2.05, 4.69) is 36.1 Å². The Bertz CT molecular complexity index is 452. The van der Waals surface area contributed by atoms with E-state index in [1.54, 1.807) is 0 Å². The minimum Gasteiger partial charge on any atom is -0.486 e. The first-order valence-electron chi connectivity index (χ1n) is 7.56. The van der Waals surface area contributed by atoms with Crippen LogP contribution in [0.15, 0.2) is 18.2 Å². The fourth-order valence-electron chi connectivity index (χ4n) is 2.84. The number of rotatable bonds is 4. The molecular weight excluding hydrogens is 270 g/mol. The second kappa shape index (κ2) is 6.72. The molecule has 0 radical (unpaired) electrons. The highest BCUT2D eigenvalue weighted by molar-refractivity contribution is 7.99. The monoisotopic (exact) mass is 293 g/mol. The molecule has 0 bridgehead atoms. The zero-order valence-corrected chi connectivity index (χ0v) is 12.9. The van der Waals surface area contributed by atoms with Crippen molar-refractivity contribution in [1.82, 2.24) is 5.32 Å². The average molecular weight is 293 g/mol. The third-order valence-corrected chi connectivity index (χ3v) is 5.41. The lowest BCUT2D eigenvalue weighted by atomic mass is 10.1. The van der Waals surface area contributed by atoms with E-state index in [-0.39, 0.29) is 0 Å². The van der Waals surface area contributed by atoms with Crippen LogP contribution in [-0.4, -0.2) is 36.8 Å². The summed E-state index contributed by atoms with van der Waals surface area (Å²) in [5.41, 5.74) is 1.32. The van der Waals surface area contributed by atoms with Crippen molar-refractivity contribution in [3.63, 3.8) is 0 Å². The number of hydrogen-bond acceptors (Lipinski definition) is 4. The Morgan fingerprint density at radius 1 is 1.25 bits per heavy atom. The van der Waals surface area contributed by atoms with Gasteiger partial charge in [-0.05, 0) is 49.3 Å². The Morgan fingerprint density at radius 3 is 2.95 bits per heavy atom. The normalized spacial score (nSPS) is 25.4. The van der Waals surface area contributed by atoms with E-state index in [4.69, 9.17) is 9.47 Å². The Hall–Kier alpha value is -0.870. The predicted octanol–water partition coefficient (Wildman–Crippen LogP) is 2.87. The van der Waals surface area contributed by atoms with Gasteiger partial charge in [0.05, 0.1) is 0 Å². The molecule has 0 spiro atoms. The van der Waals surface area contributed by atoms with E-state index < -0.39 is 0 Å². The summed E-state index contributed by atoms with van der Waals surface area (Å²) >= 11 is 2.09. The van der Waals surface area contributed by atoms with Crippen molar-refractivity contribution in [2.24, 2.45) is 0 Å². The minimum atomic E-state index is 0.658. The van der Waals surface area contributed by atoms with Gasteiger partial charge in [-0.25, -0.2) is 0 Å². The molecule has 3 rings (SSSR count). The van der Waals surface area contributed by atoms with Gasteiger partial charge in [-0.3, -0.25) is 0 Å². The summed E-state index contributed by atoms with van der Waals surface area (Å²) in [6, 6.07) is 6.97. The van der Waals surface area contributed by atoms with Gasteiger partial charge >= 0.3 is 0 Å². The molecule has 2 heterocycles. The number of thioether (sulfide) groups is 1. The molecule has 1 saturated heterocycles. The molecule has 1 fully saturated rings. The highest BCUT2D eigenvalue weighted by atomic mass is 32.2. The average Bonchev–Trinajstić information content (AvgIpc) is 2.49. The van der Waals surface area contributed by atoms with Crippen LogP contribution in [0.25, 0.3) is 0 Å². The third-order valence-electron chi connectivity index (χ3n) is 4.03. The van der Waals surface area contributed by atoms with E-state index in [9.17, 15) is 0 Å². The zero-order valence-electron chi connectivity index (χ0n) is 12.1. The van der Waals surface area contributed by atoms with Crippen molar-refractivity contribution >= 4 is 11.8 Å². The van der Waals surface area contributed by atoms with Gasteiger partial charge in [0.15, 0.2) is 11.5 Å². The highest BCUT2D eigenvalue weighted by Crippen LogP contribution is 2.31. The highest BCUT2D eigenvalue weighted by Gasteiger charge is 2.20. The van der Waals surface area contributed by atoms with Gasteiger partial charge in [0.2, 0.25) is 0 Å². The molecule has 2 atom stereocenters. The summed E-state index contributed by atoms with van der Waals surface area (Å²) in [7, 11) is 0. The summed E-state index contributed by atoms with van der Waals surface area (Å²) in [5, 5.41) is 4.45. The van der Waals surface area contributed by atoms with E-state index in [0.717, 1.165) is 29.7 Å². The first kappa shape index (κ1) is 14.1. The minimum absolute atomic E-state index is 0.658. The summed E-state index contributed by atoms with van der Waals surface area (Å²) in [6.07, 6.45) is 3.70. The van der Waals surface area contributed by atoms with Crippen LogP contribution in [0.4, 0.5) is 0 Å². The van der Waals surface area contributed by atoms with Gasteiger partial charge in [-0.15, -0.1) is 0 Å². The van der Waals surface area contributed by atoms with Crippen LogP contribution in [0.1, 0.15) is 25.3 Å². The molecule has 4 heteroatoms. The lowest BCUT2D eigenvalue weighted by Crippen LogP contribution is -2.40. The summed E-state index contributed by atoms with van der Waals surface area (Å²) in [6.45, 7) is 4.69. The van der Waals surface area contributed by atoms with Gasteiger partial charge in [-0.1, -0.05) is 13.0 Å². The van der Waals surface area contributed by atoms with Crippen molar-refractivity contribution in [2.75, 3.05) is 25.5 Å². The van der Waals surface area contributed by atoms with Crippen molar-refractivity contribution in [3.05, 3.63) is 23.8 Å². The fourth-order valence-corrected chi connectivity index (χ4v) is 4.01. The Kier molecular flexibility index (Phi) is 4.73. The number of benzene rings is 1. The number of fused-ring (bicyclic) bond motifs is 1. The summed E-state index contributed by atoms with van der Waals surface area (Å²) in [4.78, 5) is 0. The molecule has 0 saturated carbocycles. The van der Waals surface area contributed by atoms with Crippen molar-refractivity contribution in [1.29, 1.82) is 0 Å². The van der Waals surface area contributed by atoms with Gasteiger partial charge in [0.25, 0.3) is 0 Å². The number of hydrogen-bond donors (Lipinski definition) is 1. The smallest absolute Gasteiger partial charge is 0.161 e. The van der Waals surface area contributed by atoms with Crippen molar-refractivity contribution < 1.29 is 9.47 Å². The number of nitrogens with one attached hydrogen (secondary N) is 1. The molecule has 2 aliphatic heterocycles. The molecule has 1 aromatic carbocycles. The molecule has 0 aromatic heterocycles. The van der Waals surface area contributed by atoms with Crippen LogP contribution in [0, 0.1) is 0 Å². The maximum absolute atomic E-state index is 5.63. The second-order valence-corrected chi connectivity index (χ2v) is 6.99. The SMILES string of the molecule is CC1SCCCC1NCCc1ccc2c(c1)OCCO2. The molecular formula is C16H23NO2S.